The van der Waals surface area contributed by atoms with E-state index in [0.29, 0.717) is 0 Å². The van der Waals surface area contributed by atoms with Gasteiger partial charge in [-0.2, -0.15) is 13.2 Å². The summed E-state index contributed by atoms with van der Waals surface area (Å²) in [6.45, 7) is 0. The first-order valence-corrected chi connectivity index (χ1v) is 5.13. The summed E-state index contributed by atoms with van der Waals surface area (Å²) in [6.07, 6.45) is -4.04. The van der Waals surface area contributed by atoms with Crippen LogP contribution in [0.3, 0.4) is 0 Å². The minimum atomic E-state index is -4.11. The predicted molar refractivity (Wildman–Crippen MR) is 43.6 cm³/mol. The highest BCUT2D eigenvalue weighted by molar-refractivity contribution is 9.09. The summed E-state index contributed by atoms with van der Waals surface area (Å²) in [7, 11) is 0. The lowest BCUT2D eigenvalue weighted by atomic mass is 9.34. The fraction of sp³-hybridized carbons (Fsp3) is 0.875. The molecule has 3 aliphatic carbocycles. The summed E-state index contributed by atoms with van der Waals surface area (Å²) in [5.74, 6) is -0.0707. The molecule has 0 unspecified atom stereocenters. The summed E-state index contributed by atoms with van der Waals surface area (Å²) in [6, 6.07) is 0. The van der Waals surface area contributed by atoms with Crippen molar-refractivity contribution in [3.63, 3.8) is 0 Å². The van der Waals surface area contributed by atoms with Crippen LogP contribution in [0.15, 0.2) is 0 Å². The molecule has 5 heteroatoms. The maximum Gasteiger partial charge on any atom is 0.394 e. The van der Waals surface area contributed by atoms with Crippen molar-refractivity contribution in [1.29, 1.82) is 0 Å². The van der Waals surface area contributed by atoms with E-state index in [4.69, 9.17) is 0 Å². The molecule has 0 spiro atoms. The highest BCUT2D eigenvalue weighted by Gasteiger charge is 2.80. The zero-order valence-electron chi connectivity index (χ0n) is 6.75. The normalized spacial score (nSPS) is 42.2. The second-order valence-corrected chi connectivity index (χ2v) is 4.71. The highest BCUT2D eigenvalue weighted by Crippen LogP contribution is 2.78. The molecule has 0 atom stereocenters. The largest absolute Gasteiger partial charge is 0.394 e. The average molecular weight is 257 g/mol. The lowest BCUT2D eigenvalue weighted by molar-refractivity contribution is -0.350. The minimum absolute atomic E-state index is 0.0218. The van der Waals surface area contributed by atoms with Crippen molar-refractivity contribution in [2.24, 2.45) is 10.8 Å². The van der Waals surface area contributed by atoms with E-state index in [1.54, 1.807) is 0 Å². The van der Waals surface area contributed by atoms with Crippen LogP contribution in [0.4, 0.5) is 13.2 Å². The van der Waals surface area contributed by atoms with Gasteiger partial charge in [0.05, 0.1) is 10.7 Å². The van der Waals surface area contributed by atoms with Gasteiger partial charge < -0.3 is 0 Å². The molecule has 13 heavy (non-hydrogen) atoms. The van der Waals surface area contributed by atoms with Crippen molar-refractivity contribution in [3.05, 3.63) is 0 Å². The number of halogens is 4. The summed E-state index contributed by atoms with van der Waals surface area (Å²) in [5, 5.41) is 0.181. The van der Waals surface area contributed by atoms with E-state index in [0.717, 1.165) is 0 Å². The Balaban J connectivity index is 2.04. The second-order valence-electron chi connectivity index (χ2n) is 4.15. The molecule has 74 valence electrons. The summed E-state index contributed by atoms with van der Waals surface area (Å²) < 4.78 is 37.0. The van der Waals surface area contributed by atoms with Gasteiger partial charge in [0.25, 0.3) is 0 Å². The topological polar surface area (TPSA) is 17.1 Å². The second kappa shape index (κ2) is 2.30. The van der Waals surface area contributed by atoms with Gasteiger partial charge in [-0.1, -0.05) is 15.9 Å². The Labute approximate surface area is 81.8 Å². The monoisotopic (exact) mass is 256 g/mol. The molecule has 0 heterocycles. The maximum atomic E-state index is 12.3. The van der Waals surface area contributed by atoms with Crippen molar-refractivity contribution in [2.75, 3.05) is 5.33 Å². The molecule has 3 fully saturated rings. The fourth-order valence-corrected chi connectivity index (χ4v) is 3.12. The van der Waals surface area contributed by atoms with Crippen molar-refractivity contribution in [3.8, 4) is 0 Å². The SMILES string of the molecule is O=C(CBr)C12CC(C(F)(F)F)(C1)C2. The predicted octanol–water partition coefficient (Wildman–Crippen LogP) is 2.68. The molecule has 3 rings (SSSR count). The maximum absolute atomic E-state index is 12.3. The number of carbonyl (C=O) groups excluding carboxylic acids is 1. The third-order valence-electron chi connectivity index (χ3n) is 3.34. The molecule has 0 N–H and O–H groups in total. The van der Waals surface area contributed by atoms with E-state index in [9.17, 15) is 18.0 Å². The van der Waals surface area contributed by atoms with Crippen molar-refractivity contribution >= 4 is 21.7 Å². The molecule has 0 amide bonds. The molecule has 0 aliphatic heterocycles. The first-order chi connectivity index (χ1) is 5.85. The Morgan fingerprint density at radius 3 is 2.08 bits per heavy atom. The molecule has 0 radical (unpaired) electrons. The van der Waals surface area contributed by atoms with Crippen LogP contribution in [-0.4, -0.2) is 17.3 Å². The van der Waals surface area contributed by atoms with Gasteiger partial charge in [-0.3, -0.25) is 4.79 Å². The standard InChI is InChI=1S/C8H8BrF3O/c9-1-5(13)6-2-7(3-6,4-6)8(10,11)12/h1-4H2. The molecular formula is C8H8BrF3O. The van der Waals surface area contributed by atoms with Gasteiger partial charge in [-0.15, -0.1) is 0 Å². The van der Waals surface area contributed by atoms with Crippen LogP contribution in [0.5, 0.6) is 0 Å². The molecule has 1 nitrogen and oxygen atoms in total. The van der Waals surface area contributed by atoms with Crippen LogP contribution >= 0.6 is 15.9 Å². The van der Waals surface area contributed by atoms with Crippen LogP contribution in [-0.2, 0) is 4.79 Å². The van der Waals surface area contributed by atoms with E-state index in [-0.39, 0.29) is 30.4 Å². The molecule has 0 aromatic rings. The third kappa shape index (κ3) is 0.966. The molecule has 3 aliphatic rings. The quantitative estimate of drug-likeness (QED) is 0.695. The van der Waals surface area contributed by atoms with Crippen LogP contribution in [0.1, 0.15) is 19.3 Å². The number of carbonyl (C=O) groups is 1. The average Bonchev–Trinajstić information content (AvgIpc) is 1.77. The molecule has 0 aromatic heterocycles. The number of Topliss-reactive ketones (excluding diaryl/α,β-unsaturated/α-hetero) is 1. The van der Waals surface area contributed by atoms with Gasteiger partial charge in [0.2, 0.25) is 0 Å². The van der Waals surface area contributed by atoms with Crippen molar-refractivity contribution < 1.29 is 18.0 Å². The Kier molecular flexibility index (Phi) is 1.68. The molecular weight excluding hydrogens is 249 g/mol. The first kappa shape index (κ1) is 9.49. The summed E-state index contributed by atoms with van der Waals surface area (Å²) in [4.78, 5) is 11.2. The van der Waals surface area contributed by atoms with Gasteiger partial charge in [0.15, 0.2) is 0 Å². The highest BCUT2D eigenvalue weighted by atomic mass is 79.9. The van der Waals surface area contributed by atoms with E-state index in [2.05, 4.69) is 15.9 Å². The van der Waals surface area contributed by atoms with Crippen LogP contribution in [0, 0.1) is 10.8 Å². The smallest absolute Gasteiger partial charge is 0.298 e. The lowest BCUT2D eigenvalue weighted by Crippen LogP contribution is -2.71. The molecule has 3 saturated carbocycles. The zero-order chi connectivity index (χ0) is 9.91. The zero-order valence-corrected chi connectivity index (χ0v) is 8.33. The Bertz CT molecular complexity index is 251. The van der Waals surface area contributed by atoms with E-state index in [1.165, 1.54) is 0 Å². The van der Waals surface area contributed by atoms with Gasteiger partial charge in [-0.25, -0.2) is 0 Å². The molecule has 0 aromatic carbocycles. The number of alkyl halides is 4. The van der Waals surface area contributed by atoms with Gasteiger partial charge in [0, 0.05) is 5.41 Å². The third-order valence-corrected chi connectivity index (χ3v) is 3.85. The molecule has 2 bridgehead atoms. The van der Waals surface area contributed by atoms with Crippen molar-refractivity contribution in [1.82, 2.24) is 0 Å². The Hall–Kier alpha value is -0.0600. The van der Waals surface area contributed by atoms with Gasteiger partial charge >= 0.3 is 6.18 Å². The lowest BCUT2D eigenvalue weighted by Gasteiger charge is -2.69. The first-order valence-electron chi connectivity index (χ1n) is 4.01. The van der Waals surface area contributed by atoms with E-state index < -0.39 is 17.0 Å². The fourth-order valence-electron chi connectivity index (χ4n) is 2.53. The Morgan fingerprint density at radius 1 is 1.31 bits per heavy atom. The number of ketones is 1. The van der Waals surface area contributed by atoms with E-state index in [1.807, 2.05) is 0 Å². The van der Waals surface area contributed by atoms with Crippen molar-refractivity contribution in [2.45, 2.75) is 25.4 Å². The summed E-state index contributed by atoms with van der Waals surface area (Å²) >= 11 is 2.99. The van der Waals surface area contributed by atoms with E-state index >= 15 is 0 Å². The Morgan fingerprint density at radius 2 is 1.77 bits per heavy atom. The number of rotatable bonds is 2. The van der Waals surface area contributed by atoms with Gasteiger partial charge in [-0.05, 0) is 19.3 Å². The molecule has 0 saturated heterocycles. The summed E-state index contributed by atoms with van der Waals surface area (Å²) in [5.41, 5.74) is -2.11. The minimum Gasteiger partial charge on any atom is -0.298 e. The number of hydrogen-bond donors (Lipinski definition) is 0. The van der Waals surface area contributed by atoms with Crippen LogP contribution < -0.4 is 0 Å². The van der Waals surface area contributed by atoms with Crippen LogP contribution in [0.2, 0.25) is 0 Å². The van der Waals surface area contributed by atoms with Crippen LogP contribution in [0.25, 0.3) is 0 Å². The van der Waals surface area contributed by atoms with Gasteiger partial charge in [0.1, 0.15) is 5.78 Å². The number of hydrogen-bond acceptors (Lipinski definition) is 1.